The Hall–Kier alpha value is -3.39. The summed E-state index contributed by atoms with van der Waals surface area (Å²) >= 11 is 0. The molecule has 1 aliphatic carbocycles. The molecule has 2 aromatic carbocycles. The fraction of sp³-hybridized carbons (Fsp3) is 0.227. The Morgan fingerprint density at radius 2 is 2.11 bits per heavy atom. The summed E-state index contributed by atoms with van der Waals surface area (Å²) in [6.45, 7) is 2.36. The molecule has 0 atom stereocenters. The highest BCUT2D eigenvalue weighted by molar-refractivity contribution is 6.14. The number of nitrogens with one attached hydrogen (secondary N) is 1. The van der Waals surface area contributed by atoms with E-state index in [2.05, 4.69) is 11.4 Å². The van der Waals surface area contributed by atoms with E-state index in [0.717, 1.165) is 41.4 Å². The molecule has 0 saturated heterocycles. The molecule has 0 spiro atoms. The van der Waals surface area contributed by atoms with Crippen molar-refractivity contribution >= 4 is 22.5 Å². The summed E-state index contributed by atoms with van der Waals surface area (Å²) in [6, 6.07) is 14.9. The number of rotatable bonds is 4. The van der Waals surface area contributed by atoms with Crippen molar-refractivity contribution in [1.29, 1.82) is 5.26 Å². The van der Waals surface area contributed by atoms with Crippen LogP contribution in [-0.4, -0.2) is 17.5 Å². The molecule has 0 bridgehead atoms. The van der Waals surface area contributed by atoms with Crippen LogP contribution in [0.15, 0.2) is 42.5 Å². The summed E-state index contributed by atoms with van der Waals surface area (Å²) in [6.07, 6.45) is 2.76. The van der Waals surface area contributed by atoms with Gasteiger partial charge < -0.3 is 10.1 Å². The van der Waals surface area contributed by atoms with Crippen LogP contribution in [0.2, 0.25) is 0 Å². The summed E-state index contributed by atoms with van der Waals surface area (Å²) in [5, 5.41) is 13.0. The van der Waals surface area contributed by atoms with Crippen molar-refractivity contribution in [2.45, 2.75) is 26.2 Å². The molecule has 1 heterocycles. The molecular formula is C22H19N3O2. The zero-order valence-corrected chi connectivity index (χ0v) is 15.1. The quantitative estimate of drug-likeness (QED) is 0.757. The SMILES string of the molecule is CCOc1ccc(C#N)cc1NC(=O)c1c2c(nc3ccccc13)CCC2. The van der Waals surface area contributed by atoms with Gasteiger partial charge in [-0.3, -0.25) is 9.78 Å². The fourth-order valence-electron chi connectivity index (χ4n) is 3.63. The normalized spacial score (nSPS) is 12.4. The Balaban J connectivity index is 1.80. The predicted molar refractivity (Wildman–Crippen MR) is 104 cm³/mol. The maximum Gasteiger partial charge on any atom is 0.256 e. The molecule has 3 aromatic rings. The van der Waals surface area contributed by atoms with Gasteiger partial charge in [0.2, 0.25) is 0 Å². The number of hydrogen-bond donors (Lipinski definition) is 1. The topological polar surface area (TPSA) is 75.0 Å². The number of fused-ring (bicyclic) bond motifs is 2. The third kappa shape index (κ3) is 3.11. The highest BCUT2D eigenvalue weighted by Gasteiger charge is 2.24. The summed E-state index contributed by atoms with van der Waals surface area (Å²) in [4.78, 5) is 18.0. The fourth-order valence-corrected chi connectivity index (χ4v) is 3.63. The average Bonchev–Trinajstić information content (AvgIpc) is 3.15. The van der Waals surface area contributed by atoms with E-state index in [9.17, 15) is 10.1 Å². The lowest BCUT2D eigenvalue weighted by Crippen LogP contribution is -2.16. The van der Waals surface area contributed by atoms with Crippen LogP contribution in [0.4, 0.5) is 5.69 Å². The van der Waals surface area contributed by atoms with Crippen LogP contribution in [0.3, 0.4) is 0 Å². The van der Waals surface area contributed by atoms with E-state index in [1.807, 2.05) is 31.2 Å². The Bertz CT molecular complexity index is 1080. The van der Waals surface area contributed by atoms with Gasteiger partial charge in [0.1, 0.15) is 5.75 Å². The number of nitrogens with zero attached hydrogens (tertiary/aromatic N) is 2. The Labute approximate surface area is 157 Å². The molecule has 1 aromatic heterocycles. The first-order valence-corrected chi connectivity index (χ1v) is 9.10. The third-order valence-corrected chi connectivity index (χ3v) is 4.80. The lowest BCUT2D eigenvalue weighted by atomic mass is 10.0. The predicted octanol–water partition coefficient (Wildman–Crippen LogP) is 4.25. The molecule has 5 heteroatoms. The van der Waals surface area contributed by atoms with Gasteiger partial charge in [-0.1, -0.05) is 18.2 Å². The summed E-state index contributed by atoms with van der Waals surface area (Å²) in [5.74, 6) is 0.364. The lowest BCUT2D eigenvalue weighted by molar-refractivity contribution is 0.102. The zero-order valence-electron chi connectivity index (χ0n) is 15.1. The number of aromatic nitrogens is 1. The first-order valence-electron chi connectivity index (χ1n) is 9.10. The van der Waals surface area contributed by atoms with Crippen LogP contribution in [0.25, 0.3) is 10.9 Å². The summed E-state index contributed by atoms with van der Waals surface area (Å²) < 4.78 is 5.62. The molecule has 1 amide bonds. The Kier molecular flexibility index (Phi) is 4.47. The number of carbonyl (C=O) groups excluding carboxylic acids is 1. The molecule has 0 aliphatic heterocycles. The maximum absolute atomic E-state index is 13.3. The number of hydrogen-bond acceptors (Lipinski definition) is 4. The number of carbonyl (C=O) groups is 1. The van der Waals surface area contributed by atoms with E-state index in [1.165, 1.54) is 0 Å². The van der Waals surface area contributed by atoms with E-state index in [-0.39, 0.29) is 5.91 Å². The van der Waals surface area contributed by atoms with Crippen LogP contribution < -0.4 is 10.1 Å². The lowest BCUT2D eigenvalue weighted by Gasteiger charge is -2.15. The number of nitriles is 1. The van der Waals surface area contributed by atoms with E-state index >= 15 is 0 Å². The van der Waals surface area contributed by atoms with Gasteiger partial charge in [0.05, 0.1) is 35.0 Å². The monoisotopic (exact) mass is 357 g/mol. The van der Waals surface area contributed by atoms with Gasteiger partial charge in [-0.2, -0.15) is 5.26 Å². The van der Waals surface area contributed by atoms with Crippen LogP contribution >= 0.6 is 0 Å². The van der Waals surface area contributed by atoms with Crippen molar-refractivity contribution in [1.82, 2.24) is 4.98 Å². The largest absolute Gasteiger partial charge is 0.492 e. The van der Waals surface area contributed by atoms with Crippen LogP contribution in [0.1, 0.15) is 40.5 Å². The number of amides is 1. The average molecular weight is 357 g/mol. The molecule has 27 heavy (non-hydrogen) atoms. The zero-order chi connectivity index (χ0) is 18.8. The number of ether oxygens (including phenoxy) is 1. The molecule has 1 aliphatic rings. The van der Waals surface area contributed by atoms with Gasteiger partial charge in [0.15, 0.2) is 0 Å². The van der Waals surface area contributed by atoms with Crippen LogP contribution in [0.5, 0.6) is 5.75 Å². The second-order valence-corrected chi connectivity index (χ2v) is 6.49. The molecule has 5 nitrogen and oxygen atoms in total. The van der Waals surface area contributed by atoms with Crippen molar-refractivity contribution in [3.05, 3.63) is 64.8 Å². The van der Waals surface area contributed by atoms with E-state index in [1.54, 1.807) is 18.2 Å². The standard InChI is InChI=1S/C22H19N3O2/c1-2-27-20-11-10-14(13-23)12-19(20)25-22(26)21-15-6-3-4-8-17(15)24-18-9-5-7-16(18)21/h3-4,6,8,10-12H,2,5,7,9H2,1H3,(H,25,26). The third-order valence-electron chi connectivity index (χ3n) is 4.80. The summed E-state index contributed by atoms with van der Waals surface area (Å²) in [5.41, 5.74) is 4.53. The van der Waals surface area contributed by atoms with Gasteiger partial charge in [-0.05, 0) is 56.0 Å². The van der Waals surface area contributed by atoms with Gasteiger partial charge in [-0.15, -0.1) is 0 Å². The minimum atomic E-state index is -0.192. The highest BCUT2D eigenvalue weighted by atomic mass is 16.5. The van der Waals surface area contributed by atoms with Crippen LogP contribution in [0, 0.1) is 11.3 Å². The number of aryl methyl sites for hydroxylation is 1. The van der Waals surface area contributed by atoms with Crippen molar-refractivity contribution in [3.63, 3.8) is 0 Å². The molecule has 0 radical (unpaired) electrons. The van der Waals surface area contributed by atoms with Crippen molar-refractivity contribution in [3.8, 4) is 11.8 Å². The second kappa shape index (κ2) is 7.08. The van der Waals surface area contributed by atoms with Gasteiger partial charge in [-0.25, -0.2) is 0 Å². The first-order chi connectivity index (χ1) is 13.2. The van der Waals surface area contributed by atoms with Crippen molar-refractivity contribution in [2.24, 2.45) is 0 Å². The molecule has 1 N–H and O–H groups in total. The molecular weight excluding hydrogens is 338 g/mol. The van der Waals surface area contributed by atoms with Crippen molar-refractivity contribution < 1.29 is 9.53 Å². The molecule has 4 rings (SSSR count). The van der Waals surface area contributed by atoms with E-state index < -0.39 is 0 Å². The van der Waals surface area contributed by atoms with Gasteiger partial charge in [0, 0.05) is 11.1 Å². The second-order valence-electron chi connectivity index (χ2n) is 6.49. The molecule has 0 saturated carbocycles. The van der Waals surface area contributed by atoms with Crippen molar-refractivity contribution in [2.75, 3.05) is 11.9 Å². The molecule has 0 unspecified atom stereocenters. The number of benzene rings is 2. The number of para-hydroxylation sites is 1. The van der Waals surface area contributed by atoms with Gasteiger partial charge >= 0.3 is 0 Å². The van der Waals surface area contributed by atoms with E-state index in [0.29, 0.717) is 29.2 Å². The highest BCUT2D eigenvalue weighted by Crippen LogP contribution is 2.32. The molecule has 0 fully saturated rings. The van der Waals surface area contributed by atoms with Gasteiger partial charge in [0.25, 0.3) is 5.91 Å². The van der Waals surface area contributed by atoms with E-state index in [4.69, 9.17) is 9.72 Å². The minimum absolute atomic E-state index is 0.192. The smallest absolute Gasteiger partial charge is 0.256 e. The molecule has 134 valence electrons. The number of anilines is 1. The summed E-state index contributed by atoms with van der Waals surface area (Å²) in [7, 11) is 0. The first kappa shape index (κ1) is 17.0. The Morgan fingerprint density at radius 3 is 2.93 bits per heavy atom. The van der Waals surface area contributed by atoms with Crippen LogP contribution in [-0.2, 0) is 12.8 Å². The minimum Gasteiger partial charge on any atom is -0.492 e. The number of pyridine rings is 1. The Morgan fingerprint density at radius 1 is 1.26 bits per heavy atom. The maximum atomic E-state index is 13.3.